The van der Waals surface area contributed by atoms with Gasteiger partial charge in [-0.3, -0.25) is 4.79 Å². The van der Waals surface area contributed by atoms with Gasteiger partial charge in [-0.05, 0) is 31.0 Å². The molecule has 0 unspecified atom stereocenters. The van der Waals surface area contributed by atoms with Gasteiger partial charge < -0.3 is 16.2 Å². The Hall–Kier alpha value is -1.59. The topological polar surface area (TPSA) is 92.4 Å². The molecular formula is C13H17ClN2O3. The van der Waals surface area contributed by atoms with Crippen LogP contribution in [0.5, 0.6) is 0 Å². The summed E-state index contributed by atoms with van der Waals surface area (Å²) in [7, 11) is 0. The predicted molar refractivity (Wildman–Crippen MR) is 74.5 cm³/mol. The number of rotatable bonds is 5. The number of nitrogens with two attached hydrogens (primary N) is 1. The summed E-state index contributed by atoms with van der Waals surface area (Å²) in [6.07, 6.45) is 1.00. The van der Waals surface area contributed by atoms with E-state index >= 15 is 0 Å². The first-order valence-corrected chi connectivity index (χ1v) is 6.35. The summed E-state index contributed by atoms with van der Waals surface area (Å²) < 4.78 is 0. The molecule has 0 spiro atoms. The lowest BCUT2D eigenvalue weighted by Crippen LogP contribution is -2.50. The van der Waals surface area contributed by atoms with Crippen molar-refractivity contribution in [2.75, 3.05) is 5.32 Å². The van der Waals surface area contributed by atoms with Crippen LogP contribution in [-0.4, -0.2) is 22.5 Å². The van der Waals surface area contributed by atoms with Crippen molar-refractivity contribution in [1.82, 2.24) is 0 Å². The number of amides is 1. The molecule has 0 aliphatic rings. The van der Waals surface area contributed by atoms with E-state index in [1.165, 1.54) is 18.2 Å². The van der Waals surface area contributed by atoms with Gasteiger partial charge in [-0.1, -0.05) is 25.4 Å². The Morgan fingerprint density at radius 3 is 2.37 bits per heavy atom. The lowest BCUT2D eigenvalue weighted by Gasteiger charge is -2.25. The van der Waals surface area contributed by atoms with Crippen LogP contribution in [0.4, 0.5) is 5.69 Å². The molecule has 1 amide bonds. The summed E-state index contributed by atoms with van der Waals surface area (Å²) in [5.41, 5.74) is 5.44. The first-order valence-electron chi connectivity index (χ1n) is 5.97. The summed E-state index contributed by atoms with van der Waals surface area (Å²) >= 11 is 5.94. The number of benzene rings is 1. The first-order chi connectivity index (χ1) is 8.84. The Morgan fingerprint density at radius 1 is 1.37 bits per heavy atom. The van der Waals surface area contributed by atoms with Crippen LogP contribution in [0.3, 0.4) is 0 Å². The minimum atomic E-state index is -1.07. The van der Waals surface area contributed by atoms with Crippen LogP contribution in [0.2, 0.25) is 5.02 Å². The van der Waals surface area contributed by atoms with Gasteiger partial charge in [0.15, 0.2) is 0 Å². The number of halogens is 1. The van der Waals surface area contributed by atoms with E-state index in [2.05, 4.69) is 5.32 Å². The van der Waals surface area contributed by atoms with Gasteiger partial charge >= 0.3 is 5.97 Å². The molecule has 0 heterocycles. The van der Waals surface area contributed by atoms with Crippen LogP contribution in [0.15, 0.2) is 18.2 Å². The van der Waals surface area contributed by atoms with E-state index in [0.717, 1.165) is 0 Å². The highest BCUT2D eigenvalue weighted by molar-refractivity contribution is 6.34. The Bertz CT molecular complexity index is 499. The van der Waals surface area contributed by atoms with E-state index in [0.29, 0.717) is 18.5 Å². The molecule has 104 valence electrons. The summed E-state index contributed by atoms with van der Waals surface area (Å²) in [4.78, 5) is 22.8. The van der Waals surface area contributed by atoms with Gasteiger partial charge in [0.05, 0.1) is 21.8 Å². The van der Waals surface area contributed by atoms with E-state index in [1.807, 2.05) is 13.8 Å². The second-order valence-corrected chi connectivity index (χ2v) is 4.72. The first kappa shape index (κ1) is 15.5. The van der Waals surface area contributed by atoms with Gasteiger partial charge in [0.25, 0.3) is 0 Å². The van der Waals surface area contributed by atoms with Crippen molar-refractivity contribution in [2.24, 2.45) is 5.73 Å². The maximum atomic E-state index is 12.1. The average Bonchev–Trinajstić information content (AvgIpc) is 2.39. The SMILES string of the molecule is CCC(N)(CC)C(=O)Nc1ccc(C(=O)O)cc1Cl. The molecule has 0 saturated carbocycles. The molecule has 1 rings (SSSR count). The molecule has 0 fully saturated rings. The Balaban J connectivity index is 2.95. The van der Waals surface area contributed by atoms with Gasteiger partial charge in [0, 0.05) is 0 Å². The fraction of sp³-hybridized carbons (Fsp3) is 0.385. The third-order valence-electron chi connectivity index (χ3n) is 3.18. The number of hydrogen-bond donors (Lipinski definition) is 3. The molecule has 5 nitrogen and oxygen atoms in total. The van der Waals surface area contributed by atoms with E-state index in [1.54, 1.807) is 0 Å². The number of aromatic carboxylic acids is 1. The summed E-state index contributed by atoms with van der Waals surface area (Å²) in [5, 5.41) is 11.6. The molecule has 0 saturated heterocycles. The third kappa shape index (κ3) is 3.45. The van der Waals surface area contributed by atoms with E-state index in [-0.39, 0.29) is 16.5 Å². The average molecular weight is 285 g/mol. The van der Waals surface area contributed by atoms with Gasteiger partial charge in [0.2, 0.25) is 5.91 Å². The molecule has 1 aromatic carbocycles. The van der Waals surface area contributed by atoms with Gasteiger partial charge in [-0.2, -0.15) is 0 Å². The molecule has 0 atom stereocenters. The number of nitrogens with one attached hydrogen (secondary N) is 1. The van der Waals surface area contributed by atoms with Crippen LogP contribution in [0.25, 0.3) is 0 Å². The third-order valence-corrected chi connectivity index (χ3v) is 3.49. The van der Waals surface area contributed by atoms with Crippen LogP contribution < -0.4 is 11.1 Å². The van der Waals surface area contributed by atoms with Crippen molar-refractivity contribution in [3.8, 4) is 0 Å². The van der Waals surface area contributed by atoms with Crippen LogP contribution in [-0.2, 0) is 4.79 Å². The number of carbonyl (C=O) groups is 2. The highest BCUT2D eigenvalue weighted by Crippen LogP contribution is 2.24. The highest BCUT2D eigenvalue weighted by Gasteiger charge is 2.30. The summed E-state index contributed by atoms with van der Waals surface area (Å²) in [6, 6.07) is 4.12. The molecule has 0 aliphatic carbocycles. The second kappa shape index (κ2) is 6.04. The molecule has 4 N–H and O–H groups in total. The summed E-state index contributed by atoms with van der Waals surface area (Å²) in [6.45, 7) is 3.66. The second-order valence-electron chi connectivity index (χ2n) is 4.32. The van der Waals surface area contributed by atoms with E-state index in [4.69, 9.17) is 22.4 Å². The lowest BCUT2D eigenvalue weighted by molar-refractivity contribution is -0.121. The molecule has 6 heteroatoms. The normalized spacial score (nSPS) is 11.2. The van der Waals surface area contributed by atoms with Gasteiger partial charge in [0.1, 0.15) is 0 Å². The monoisotopic (exact) mass is 284 g/mol. The molecule has 0 radical (unpaired) electrons. The van der Waals surface area contributed by atoms with E-state index < -0.39 is 11.5 Å². The summed E-state index contributed by atoms with van der Waals surface area (Å²) in [5.74, 6) is -1.41. The fourth-order valence-corrected chi connectivity index (χ4v) is 1.80. The Labute approximate surface area is 116 Å². The smallest absolute Gasteiger partial charge is 0.335 e. The van der Waals surface area contributed by atoms with Crippen molar-refractivity contribution >= 4 is 29.2 Å². The van der Waals surface area contributed by atoms with Crippen molar-refractivity contribution in [1.29, 1.82) is 0 Å². The molecule has 0 aliphatic heterocycles. The van der Waals surface area contributed by atoms with Crippen LogP contribution in [0.1, 0.15) is 37.0 Å². The zero-order valence-electron chi connectivity index (χ0n) is 10.9. The Kier molecular flexibility index (Phi) is 4.91. The van der Waals surface area contributed by atoms with Crippen LogP contribution >= 0.6 is 11.6 Å². The number of anilines is 1. The van der Waals surface area contributed by atoms with Crippen molar-refractivity contribution < 1.29 is 14.7 Å². The number of carboxylic acids is 1. The maximum absolute atomic E-state index is 12.1. The Morgan fingerprint density at radius 2 is 1.95 bits per heavy atom. The standard InChI is InChI=1S/C13H17ClN2O3/c1-3-13(15,4-2)12(19)16-10-6-5-8(11(17)18)7-9(10)14/h5-7H,3-4,15H2,1-2H3,(H,16,19)(H,17,18). The minimum Gasteiger partial charge on any atom is -0.478 e. The van der Waals surface area contributed by atoms with Crippen LogP contribution in [0, 0.1) is 0 Å². The molecule has 19 heavy (non-hydrogen) atoms. The zero-order valence-corrected chi connectivity index (χ0v) is 11.6. The van der Waals surface area contributed by atoms with E-state index in [9.17, 15) is 9.59 Å². The highest BCUT2D eigenvalue weighted by atomic mass is 35.5. The number of carbonyl (C=O) groups excluding carboxylic acids is 1. The maximum Gasteiger partial charge on any atom is 0.335 e. The predicted octanol–water partition coefficient (Wildman–Crippen LogP) is 2.49. The van der Waals surface area contributed by atoms with Crippen molar-refractivity contribution in [3.05, 3.63) is 28.8 Å². The largest absolute Gasteiger partial charge is 0.478 e. The molecular weight excluding hydrogens is 268 g/mol. The number of carboxylic acid groups (broad SMARTS) is 1. The van der Waals surface area contributed by atoms with Crippen molar-refractivity contribution in [2.45, 2.75) is 32.2 Å². The van der Waals surface area contributed by atoms with Gasteiger partial charge in [-0.25, -0.2) is 4.79 Å². The fourth-order valence-electron chi connectivity index (χ4n) is 1.57. The van der Waals surface area contributed by atoms with Gasteiger partial charge in [-0.15, -0.1) is 0 Å². The molecule has 0 bridgehead atoms. The van der Waals surface area contributed by atoms with Crippen molar-refractivity contribution in [3.63, 3.8) is 0 Å². The molecule has 0 aromatic heterocycles. The minimum absolute atomic E-state index is 0.0630. The quantitative estimate of drug-likeness (QED) is 0.774. The molecule has 1 aromatic rings. The number of hydrogen-bond acceptors (Lipinski definition) is 3. The lowest BCUT2D eigenvalue weighted by atomic mass is 9.93. The zero-order chi connectivity index (χ0) is 14.6.